The Labute approximate surface area is 167 Å². The standard InChI is InChI=1S/C21H20N4O4/c1-4-25-20(27)19(23-16-7-5-15(6-8-16)21(28)29-3)17(13(2)26)18(24-25)14-9-11-22-12-10-14/h5-12,23H,4H2,1-3H3. The molecule has 2 aromatic heterocycles. The number of pyridine rings is 1. The molecule has 0 aliphatic rings. The molecule has 0 fully saturated rings. The Morgan fingerprint density at radius 3 is 2.31 bits per heavy atom. The number of ether oxygens (including phenoxy) is 1. The smallest absolute Gasteiger partial charge is 0.337 e. The van der Waals surface area contributed by atoms with E-state index in [4.69, 9.17) is 0 Å². The van der Waals surface area contributed by atoms with Gasteiger partial charge in [-0.05, 0) is 50.2 Å². The molecular weight excluding hydrogens is 372 g/mol. The molecule has 0 bridgehead atoms. The second-order valence-electron chi connectivity index (χ2n) is 6.21. The van der Waals surface area contributed by atoms with Crippen LogP contribution in [0.1, 0.15) is 34.6 Å². The summed E-state index contributed by atoms with van der Waals surface area (Å²) in [5.41, 5.74) is 1.92. The van der Waals surface area contributed by atoms with E-state index in [0.717, 1.165) is 0 Å². The lowest BCUT2D eigenvalue weighted by Gasteiger charge is -2.16. The van der Waals surface area contributed by atoms with Gasteiger partial charge in [-0.1, -0.05) is 0 Å². The van der Waals surface area contributed by atoms with Gasteiger partial charge in [-0.3, -0.25) is 14.6 Å². The molecule has 0 unspecified atom stereocenters. The quantitative estimate of drug-likeness (QED) is 0.508. The van der Waals surface area contributed by atoms with Crippen molar-refractivity contribution >= 4 is 23.1 Å². The Morgan fingerprint density at radius 1 is 1.10 bits per heavy atom. The van der Waals surface area contributed by atoms with E-state index in [1.807, 2.05) is 0 Å². The minimum absolute atomic E-state index is 0.131. The number of ketones is 1. The minimum atomic E-state index is -0.460. The summed E-state index contributed by atoms with van der Waals surface area (Å²) in [5.74, 6) is -0.753. The zero-order valence-electron chi connectivity index (χ0n) is 16.3. The summed E-state index contributed by atoms with van der Waals surface area (Å²) < 4.78 is 5.99. The van der Waals surface area contributed by atoms with E-state index in [1.54, 1.807) is 55.7 Å². The minimum Gasteiger partial charge on any atom is -0.465 e. The number of methoxy groups -OCH3 is 1. The second kappa shape index (κ2) is 8.47. The Hall–Kier alpha value is -3.81. The SMILES string of the molecule is CCn1nc(-c2ccncc2)c(C(C)=O)c(Nc2ccc(C(=O)OC)cc2)c1=O. The van der Waals surface area contributed by atoms with Crippen molar-refractivity contribution < 1.29 is 14.3 Å². The summed E-state index contributed by atoms with van der Waals surface area (Å²) in [4.78, 5) is 41.0. The summed E-state index contributed by atoms with van der Waals surface area (Å²) >= 11 is 0. The highest BCUT2D eigenvalue weighted by molar-refractivity contribution is 6.05. The number of hydrogen-bond acceptors (Lipinski definition) is 7. The Balaban J connectivity index is 2.15. The first-order valence-electron chi connectivity index (χ1n) is 8.98. The molecule has 0 saturated heterocycles. The highest BCUT2D eigenvalue weighted by Gasteiger charge is 2.22. The van der Waals surface area contributed by atoms with Gasteiger partial charge in [0.05, 0.1) is 18.2 Å². The second-order valence-corrected chi connectivity index (χ2v) is 6.21. The molecule has 2 heterocycles. The van der Waals surface area contributed by atoms with E-state index in [2.05, 4.69) is 20.1 Å². The number of esters is 1. The maximum Gasteiger partial charge on any atom is 0.337 e. The first kappa shape index (κ1) is 19.9. The van der Waals surface area contributed by atoms with Crippen LogP contribution in [0.3, 0.4) is 0 Å². The fourth-order valence-electron chi connectivity index (χ4n) is 2.91. The molecule has 0 saturated carbocycles. The first-order valence-corrected chi connectivity index (χ1v) is 8.98. The van der Waals surface area contributed by atoms with E-state index in [-0.39, 0.29) is 17.0 Å². The van der Waals surface area contributed by atoms with Gasteiger partial charge in [0.1, 0.15) is 11.4 Å². The maximum absolute atomic E-state index is 12.9. The van der Waals surface area contributed by atoms with Crippen molar-refractivity contribution in [3.63, 3.8) is 0 Å². The molecule has 8 nitrogen and oxygen atoms in total. The number of aryl methyl sites for hydroxylation is 1. The number of carbonyl (C=O) groups excluding carboxylic acids is 2. The van der Waals surface area contributed by atoms with Gasteiger partial charge in [0.25, 0.3) is 5.56 Å². The molecule has 0 aliphatic heterocycles. The van der Waals surface area contributed by atoms with Gasteiger partial charge in [-0.2, -0.15) is 5.10 Å². The molecule has 0 radical (unpaired) electrons. The third kappa shape index (κ3) is 4.06. The number of aromatic nitrogens is 3. The number of benzene rings is 1. The third-order valence-corrected chi connectivity index (χ3v) is 4.34. The van der Waals surface area contributed by atoms with Crippen LogP contribution in [0.4, 0.5) is 11.4 Å². The van der Waals surface area contributed by atoms with Crippen LogP contribution in [0, 0.1) is 0 Å². The molecule has 3 rings (SSSR count). The van der Waals surface area contributed by atoms with Crippen LogP contribution in [-0.2, 0) is 11.3 Å². The van der Waals surface area contributed by atoms with Crippen molar-refractivity contribution in [2.45, 2.75) is 20.4 Å². The lowest BCUT2D eigenvalue weighted by atomic mass is 10.0. The molecular formula is C21H20N4O4. The van der Waals surface area contributed by atoms with Gasteiger partial charge < -0.3 is 10.1 Å². The van der Waals surface area contributed by atoms with Gasteiger partial charge >= 0.3 is 5.97 Å². The van der Waals surface area contributed by atoms with Crippen molar-refractivity contribution in [3.05, 3.63) is 70.3 Å². The average Bonchev–Trinajstić information content (AvgIpc) is 2.75. The highest BCUT2D eigenvalue weighted by Crippen LogP contribution is 2.27. The predicted octanol–water partition coefficient (Wildman–Crippen LogP) is 3.06. The summed E-state index contributed by atoms with van der Waals surface area (Å²) in [6.45, 7) is 3.53. The maximum atomic E-state index is 12.9. The molecule has 148 valence electrons. The summed E-state index contributed by atoms with van der Waals surface area (Å²) in [5, 5.41) is 7.42. The summed E-state index contributed by atoms with van der Waals surface area (Å²) in [7, 11) is 1.30. The molecule has 1 aromatic carbocycles. The number of nitrogens with zero attached hydrogens (tertiary/aromatic N) is 3. The van der Waals surface area contributed by atoms with Crippen LogP contribution in [0.15, 0.2) is 53.6 Å². The summed E-state index contributed by atoms with van der Waals surface area (Å²) in [6, 6.07) is 9.88. The van der Waals surface area contributed by atoms with Crippen LogP contribution in [0.25, 0.3) is 11.3 Å². The number of rotatable bonds is 6. The fraction of sp³-hybridized carbons (Fsp3) is 0.190. The first-order chi connectivity index (χ1) is 14.0. The Morgan fingerprint density at radius 2 is 1.76 bits per heavy atom. The number of carbonyl (C=O) groups is 2. The lowest BCUT2D eigenvalue weighted by molar-refractivity contribution is 0.0600. The third-order valence-electron chi connectivity index (χ3n) is 4.34. The van der Waals surface area contributed by atoms with E-state index < -0.39 is 11.5 Å². The molecule has 0 aliphatic carbocycles. The van der Waals surface area contributed by atoms with Crippen molar-refractivity contribution in [1.29, 1.82) is 0 Å². The average molecular weight is 392 g/mol. The van der Waals surface area contributed by atoms with Gasteiger partial charge in [0.2, 0.25) is 0 Å². The van der Waals surface area contributed by atoms with E-state index in [1.165, 1.54) is 18.7 Å². The molecule has 0 atom stereocenters. The van der Waals surface area contributed by atoms with Crippen molar-refractivity contribution in [1.82, 2.24) is 14.8 Å². The molecule has 1 N–H and O–H groups in total. The van der Waals surface area contributed by atoms with Crippen LogP contribution in [0.5, 0.6) is 0 Å². The van der Waals surface area contributed by atoms with Gasteiger partial charge in [0, 0.05) is 30.2 Å². The highest BCUT2D eigenvalue weighted by atomic mass is 16.5. The molecule has 0 spiro atoms. The monoisotopic (exact) mass is 392 g/mol. The molecule has 3 aromatic rings. The zero-order chi connectivity index (χ0) is 21.0. The van der Waals surface area contributed by atoms with Crippen LogP contribution >= 0.6 is 0 Å². The number of nitrogens with one attached hydrogen (secondary N) is 1. The summed E-state index contributed by atoms with van der Waals surface area (Å²) in [6.07, 6.45) is 3.20. The van der Waals surface area contributed by atoms with Crippen LogP contribution in [-0.4, -0.2) is 33.6 Å². The topological polar surface area (TPSA) is 103 Å². The molecule has 8 heteroatoms. The largest absolute Gasteiger partial charge is 0.465 e. The molecule has 0 amide bonds. The van der Waals surface area contributed by atoms with E-state index in [0.29, 0.717) is 29.1 Å². The zero-order valence-corrected chi connectivity index (χ0v) is 16.3. The van der Waals surface area contributed by atoms with Crippen LogP contribution < -0.4 is 10.9 Å². The lowest BCUT2D eigenvalue weighted by Crippen LogP contribution is -2.28. The van der Waals surface area contributed by atoms with Crippen molar-refractivity contribution in [3.8, 4) is 11.3 Å². The van der Waals surface area contributed by atoms with Gasteiger partial charge in [0.15, 0.2) is 5.78 Å². The predicted molar refractivity (Wildman–Crippen MR) is 108 cm³/mol. The fourth-order valence-corrected chi connectivity index (χ4v) is 2.91. The normalized spacial score (nSPS) is 10.4. The number of Topliss-reactive ketones (excluding diaryl/α,β-unsaturated/α-hetero) is 1. The van der Waals surface area contributed by atoms with Gasteiger partial charge in [-0.15, -0.1) is 0 Å². The number of hydrogen-bond donors (Lipinski definition) is 1. The van der Waals surface area contributed by atoms with E-state index in [9.17, 15) is 14.4 Å². The van der Waals surface area contributed by atoms with E-state index >= 15 is 0 Å². The van der Waals surface area contributed by atoms with Crippen molar-refractivity contribution in [2.75, 3.05) is 12.4 Å². The van der Waals surface area contributed by atoms with Gasteiger partial charge in [-0.25, -0.2) is 9.48 Å². The molecule has 29 heavy (non-hydrogen) atoms. The number of anilines is 2. The Bertz CT molecular complexity index is 1110. The van der Waals surface area contributed by atoms with Crippen molar-refractivity contribution in [2.24, 2.45) is 0 Å². The Kier molecular flexibility index (Phi) is 5.82. The van der Waals surface area contributed by atoms with Crippen LogP contribution in [0.2, 0.25) is 0 Å².